The molecule has 3 N–H and O–H groups in total. The van der Waals surface area contributed by atoms with Gasteiger partial charge >= 0.3 is 0 Å². The summed E-state index contributed by atoms with van der Waals surface area (Å²) in [6, 6.07) is 4.54. The molecule has 1 unspecified atom stereocenters. The minimum absolute atomic E-state index is 0.0495. The molecule has 20 heavy (non-hydrogen) atoms. The fourth-order valence-electron chi connectivity index (χ4n) is 1.40. The number of hydrogen-bond acceptors (Lipinski definition) is 5. The van der Waals surface area contributed by atoms with E-state index in [-0.39, 0.29) is 12.4 Å². The van der Waals surface area contributed by atoms with Crippen LogP contribution in [0.3, 0.4) is 0 Å². The first-order chi connectivity index (χ1) is 9.27. The van der Waals surface area contributed by atoms with Crippen LogP contribution in [-0.2, 0) is 19.4 Å². The number of methoxy groups -OCH3 is 1. The number of carbonyl (C=O) groups is 1. The van der Waals surface area contributed by atoms with Gasteiger partial charge in [0.1, 0.15) is 5.25 Å². The summed E-state index contributed by atoms with van der Waals surface area (Å²) in [6.07, 6.45) is 0. The fraction of sp³-hybridized carbons (Fsp3) is 0.417. The van der Waals surface area contributed by atoms with Crippen LogP contribution in [0.2, 0.25) is 5.02 Å². The third-order valence-corrected chi connectivity index (χ3v) is 5.11. The summed E-state index contributed by atoms with van der Waals surface area (Å²) in [6.45, 7) is 1.38. The number of benzene rings is 1. The summed E-state index contributed by atoms with van der Waals surface area (Å²) in [5, 5.41) is 1.69. The van der Waals surface area contributed by atoms with Gasteiger partial charge in [0.25, 0.3) is 0 Å². The Labute approximate surface area is 123 Å². The molecule has 0 fully saturated rings. The van der Waals surface area contributed by atoms with Crippen molar-refractivity contribution in [1.29, 1.82) is 0 Å². The molecule has 1 rings (SSSR count). The lowest BCUT2D eigenvalue weighted by Gasteiger charge is -2.13. The molecule has 0 aliphatic rings. The summed E-state index contributed by atoms with van der Waals surface area (Å²) >= 11 is 5.76. The van der Waals surface area contributed by atoms with Crippen LogP contribution in [0.1, 0.15) is 6.92 Å². The summed E-state index contributed by atoms with van der Waals surface area (Å²) in [5.41, 5.74) is 6.31. The molecular weight excluding hydrogens is 304 g/mol. The SMILES string of the molecule is COCCS(=O)(=O)C(C)C(=O)Nc1ccc(Cl)c(N)c1. The zero-order valence-electron chi connectivity index (χ0n) is 11.2. The van der Waals surface area contributed by atoms with Gasteiger partial charge in [0.2, 0.25) is 5.91 Å². The van der Waals surface area contributed by atoms with Gasteiger partial charge in [-0.05, 0) is 25.1 Å². The fourth-order valence-corrected chi connectivity index (χ4v) is 2.66. The van der Waals surface area contributed by atoms with E-state index in [1.807, 2.05) is 0 Å². The lowest BCUT2D eigenvalue weighted by atomic mass is 10.2. The Morgan fingerprint density at radius 2 is 2.15 bits per heavy atom. The van der Waals surface area contributed by atoms with Gasteiger partial charge in [0.05, 0.1) is 23.1 Å². The van der Waals surface area contributed by atoms with Crippen LogP contribution in [0.15, 0.2) is 18.2 Å². The van der Waals surface area contributed by atoms with E-state index in [1.165, 1.54) is 26.2 Å². The number of ether oxygens (including phenoxy) is 1. The molecule has 1 aromatic carbocycles. The highest BCUT2D eigenvalue weighted by atomic mass is 35.5. The minimum Gasteiger partial charge on any atom is -0.397 e. The summed E-state index contributed by atoms with van der Waals surface area (Å²) in [4.78, 5) is 11.9. The van der Waals surface area contributed by atoms with Crippen molar-refractivity contribution in [3.63, 3.8) is 0 Å². The molecule has 0 bridgehead atoms. The second-order valence-electron chi connectivity index (χ2n) is 4.23. The molecule has 0 aromatic heterocycles. The Morgan fingerprint density at radius 1 is 1.50 bits per heavy atom. The minimum atomic E-state index is -3.55. The standard InChI is InChI=1S/C12H17ClN2O4S/c1-8(20(17,18)6-5-19-2)12(16)15-9-3-4-10(13)11(14)7-9/h3-4,7-8H,5-6,14H2,1-2H3,(H,15,16). The molecule has 8 heteroatoms. The molecule has 1 atom stereocenters. The monoisotopic (exact) mass is 320 g/mol. The molecular formula is C12H17ClN2O4S. The first kappa shape index (κ1) is 16.7. The Balaban J connectivity index is 2.77. The number of halogens is 1. The molecule has 1 aromatic rings. The van der Waals surface area contributed by atoms with Crippen LogP contribution in [0.25, 0.3) is 0 Å². The van der Waals surface area contributed by atoms with E-state index >= 15 is 0 Å². The number of nitrogens with one attached hydrogen (secondary N) is 1. The summed E-state index contributed by atoms with van der Waals surface area (Å²) in [7, 11) is -2.15. The van der Waals surface area contributed by atoms with Crippen molar-refractivity contribution in [2.24, 2.45) is 0 Å². The number of sulfone groups is 1. The van der Waals surface area contributed by atoms with E-state index in [4.69, 9.17) is 22.1 Å². The van der Waals surface area contributed by atoms with Gasteiger partial charge in [-0.25, -0.2) is 8.42 Å². The van der Waals surface area contributed by atoms with Crippen molar-refractivity contribution in [2.45, 2.75) is 12.2 Å². The maximum Gasteiger partial charge on any atom is 0.242 e. The van der Waals surface area contributed by atoms with Crippen molar-refractivity contribution < 1.29 is 17.9 Å². The Morgan fingerprint density at radius 3 is 2.70 bits per heavy atom. The van der Waals surface area contributed by atoms with Crippen LogP contribution in [0.5, 0.6) is 0 Å². The molecule has 6 nitrogen and oxygen atoms in total. The quantitative estimate of drug-likeness (QED) is 0.770. The maximum absolute atomic E-state index is 11.9. The molecule has 0 saturated heterocycles. The average molecular weight is 321 g/mol. The Hall–Kier alpha value is -1.31. The van der Waals surface area contributed by atoms with Crippen molar-refractivity contribution in [1.82, 2.24) is 0 Å². The smallest absolute Gasteiger partial charge is 0.242 e. The molecule has 0 aliphatic heterocycles. The zero-order chi connectivity index (χ0) is 15.3. The molecule has 1 amide bonds. The van der Waals surface area contributed by atoms with E-state index < -0.39 is 21.0 Å². The molecule has 0 saturated carbocycles. The third kappa shape index (κ3) is 4.36. The van der Waals surface area contributed by atoms with E-state index in [0.29, 0.717) is 16.4 Å². The summed E-state index contributed by atoms with van der Waals surface area (Å²) < 4.78 is 28.4. The summed E-state index contributed by atoms with van der Waals surface area (Å²) in [5.74, 6) is -0.830. The second-order valence-corrected chi connectivity index (χ2v) is 7.08. The van der Waals surface area contributed by atoms with Crippen molar-refractivity contribution in [3.05, 3.63) is 23.2 Å². The van der Waals surface area contributed by atoms with Gasteiger partial charge in [-0.2, -0.15) is 0 Å². The Kier molecular flexibility index (Phi) is 5.79. The van der Waals surface area contributed by atoms with Gasteiger partial charge in [-0.3, -0.25) is 4.79 Å². The highest BCUT2D eigenvalue weighted by Crippen LogP contribution is 2.22. The number of amides is 1. The van der Waals surface area contributed by atoms with E-state index in [9.17, 15) is 13.2 Å². The Bertz CT molecular complexity index is 589. The number of hydrogen-bond donors (Lipinski definition) is 2. The number of rotatable bonds is 6. The van der Waals surface area contributed by atoms with Crippen LogP contribution in [-0.4, -0.2) is 39.0 Å². The second kappa shape index (κ2) is 6.92. The van der Waals surface area contributed by atoms with Gasteiger partial charge in [0, 0.05) is 12.8 Å². The maximum atomic E-state index is 11.9. The first-order valence-corrected chi connectivity index (χ1v) is 7.93. The van der Waals surface area contributed by atoms with Crippen molar-refractivity contribution in [2.75, 3.05) is 30.5 Å². The molecule has 0 spiro atoms. The van der Waals surface area contributed by atoms with E-state index in [2.05, 4.69) is 5.32 Å². The lowest BCUT2D eigenvalue weighted by Crippen LogP contribution is -2.35. The van der Waals surface area contributed by atoms with Crippen molar-refractivity contribution in [3.8, 4) is 0 Å². The third-order valence-electron chi connectivity index (χ3n) is 2.74. The molecule has 0 aliphatic carbocycles. The van der Waals surface area contributed by atoms with Crippen LogP contribution in [0, 0.1) is 0 Å². The molecule has 0 heterocycles. The highest BCUT2D eigenvalue weighted by molar-refractivity contribution is 7.92. The normalized spacial score (nSPS) is 12.9. The average Bonchev–Trinajstić information content (AvgIpc) is 2.39. The number of nitrogens with two attached hydrogens (primary N) is 1. The van der Waals surface area contributed by atoms with Crippen LogP contribution < -0.4 is 11.1 Å². The molecule has 112 valence electrons. The van der Waals surface area contributed by atoms with Gasteiger partial charge in [-0.15, -0.1) is 0 Å². The van der Waals surface area contributed by atoms with Crippen LogP contribution in [0.4, 0.5) is 11.4 Å². The van der Waals surface area contributed by atoms with Crippen molar-refractivity contribution >= 4 is 38.7 Å². The lowest BCUT2D eigenvalue weighted by molar-refractivity contribution is -0.115. The van der Waals surface area contributed by atoms with Crippen LogP contribution >= 0.6 is 11.6 Å². The van der Waals surface area contributed by atoms with E-state index in [1.54, 1.807) is 6.07 Å². The number of carbonyl (C=O) groups excluding carboxylic acids is 1. The predicted octanol–water partition coefficient (Wildman–Crippen LogP) is 1.31. The van der Waals surface area contributed by atoms with Gasteiger partial charge < -0.3 is 15.8 Å². The largest absolute Gasteiger partial charge is 0.397 e. The van der Waals surface area contributed by atoms with Gasteiger partial charge in [0.15, 0.2) is 9.84 Å². The number of anilines is 2. The predicted molar refractivity (Wildman–Crippen MR) is 79.6 cm³/mol. The molecule has 0 radical (unpaired) electrons. The zero-order valence-corrected chi connectivity index (χ0v) is 12.8. The number of nitrogen functional groups attached to an aromatic ring is 1. The topological polar surface area (TPSA) is 98.5 Å². The first-order valence-electron chi connectivity index (χ1n) is 5.84. The highest BCUT2D eigenvalue weighted by Gasteiger charge is 2.27. The van der Waals surface area contributed by atoms with E-state index in [0.717, 1.165) is 0 Å². The van der Waals surface area contributed by atoms with Gasteiger partial charge in [-0.1, -0.05) is 11.6 Å².